The van der Waals surface area contributed by atoms with Gasteiger partial charge in [-0.1, -0.05) is 146 Å². The van der Waals surface area contributed by atoms with E-state index >= 15 is 0 Å². The van der Waals surface area contributed by atoms with E-state index in [1.54, 1.807) is 0 Å². The van der Waals surface area contributed by atoms with Gasteiger partial charge in [-0.3, -0.25) is 4.57 Å². The van der Waals surface area contributed by atoms with Crippen LogP contribution in [0.3, 0.4) is 0 Å². The number of aromatic nitrogens is 2. The van der Waals surface area contributed by atoms with Gasteiger partial charge in [0.15, 0.2) is 5.84 Å². The molecule has 9 aromatic carbocycles. The zero-order valence-electron chi connectivity index (χ0n) is 34.0. The summed E-state index contributed by atoms with van der Waals surface area (Å²) in [5.41, 5.74) is 10.1. The van der Waals surface area contributed by atoms with E-state index in [1.807, 2.05) is 6.07 Å². The predicted octanol–water partition coefficient (Wildman–Crippen LogP) is 14.9. The van der Waals surface area contributed by atoms with Crippen LogP contribution in [0.25, 0.3) is 98.5 Å². The minimum Gasteiger partial charge on any atom is -0.456 e. The Morgan fingerprint density at radius 1 is 0.468 bits per heavy atom. The van der Waals surface area contributed by atoms with E-state index in [0.717, 1.165) is 84.2 Å². The van der Waals surface area contributed by atoms with Gasteiger partial charge in [0.1, 0.15) is 17.0 Å². The maximum absolute atomic E-state index is 6.65. The van der Waals surface area contributed by atoms with Gasteiger partial charge in [-0.25, -0.2) is 9.98 Å². The Morgan fingerprint density at radius 3 is 1.77 bits per heavy atom. The van der Waals surface area contributed by atoms with Gasteiger partial charge in [-0.05, 0) is 82.6 Å². The van der Waals surface area contributed by atoms with Gasteiger partial charge in [0, 0.05) is 44.0 Å². The second kappa shape index (κ2) is 13.5. The average Bonchev–Trinajstić information content (AvgIpc) is 3.97. The molecule has 1 aliphatic rings. The molecule has 3 aromatic heterocycles. The molecule has 5 nitrogen and oxygen atoms in total. The molecule has 13 rings (SSSR count). The summed E-state index contributed by atoms with van der Waals surface area (Å²) in [4.78, 5) is 11.4. The molecule has 5 heteroatoms. The minimum absolute atomic E-state index is 0.0386. The monoisotopic (exact) mass is 794 g/mol. The first-order valence-corrected chi connectivity index (χ1v) is 21.4. The number of hydrogen-bond donors (Lipinski definition) is 0. The molecule has 0 saturated heterocycles. The van der Waals surface area contributed by atoms with E-state index in [2.05, 4.69) is 204 Å². The van der Waals surface area contributed by atoms with Crippen molar-refractivity contribution in [2.24, 2.45) is 15.9 Å². The number of benzene rings is 9. The number of furan rings is 1. The molecule has 1 unspecified atom stereocenters. The third-order valence-electron chi connectivity index (χ3n) is 12.9. The van der Waals surface area contributed by atoms with Gasteiger partial charge in [0.25, 0.3) is 0 Å². The van der Waals surface area contributed by atoms with Crippen molar-refractivity contribution in [3.8, 4) is 5.69 Å². The summed E-state index contributed by atoms with van der Waals surface area (Å²) >= 11 is 0. The number of aliphatic imine (C=N–C) groups is 2. The normalized spacial score (nSPS) is 15.8. The zero-order valence-corrected chi connectivity index (χ0v) is 34.0. The summed E-state index contributed by atoms with van der Waals surface area (Å²) in [5.74, 6) is 1.67. The summed E-state index contributed by atoms with van der Waals surface area (Å²) < 4.78 is 11.5. The number of para-hydroxylation sites is 4. The molecule has 0 fully saturated rings. The van der Waals surface area contributed by atoms with Crippen molar-refractivity contribution in [2.75, 3.05) is 0 Å². The van der Waals surface area contributed by atoms with Crippen LogP contribution in [0.15, 0.2) is 209 Å². The van der Waals surface area contributed by atoms with Gasteiger partial charge in [0.2, 0.25) is 0 Å². The maximum atomic E-state index is 6.65. The van der Waals surface area contributed by atoms with Crippen molar-refractivity contribution < 1.29 is 4.42 Å². The van der Waals surface area contributed by atoms with Crippen LogP contribution in [-0.4, -0.2) is 20.8 Å². The Hall–Kier alpha value is -8.02. The minimum atomic E-state index is 0.0386. The van der Waals surface area contributed by atoms with Crippen LogP contribution >= 0.6 is 0 Å². The summed E-state index contributed by atoms with van der Waals surface area (Å²) in [6.45, 7) is 2.30. The highest BCUT2D eigenvalue weighted by Crippen LogP contribution is 2.44. The van der Waals surface area contributed by atoms with Gasteiger partial charge >= 0.3 is 0 Å². The lowest BCUT2D eigenvalue weighted by molar-refractivity contribution is 0.669. The van der Waals surface area contributed by atoms with Crippen molar-refractivity contribution in [3.63, 3.8) is 0 Å². The molecule has 62 heavy (non-hydrogen) atoms. The first-order chi connectivity index (χ1) is 30.7. The SMILES string of the molecule is CC1C/C=C(\c2ccc3oc4ccccc4c3c2-n2c3ccccc3c3cc4ccccc4cc32)N=C(c2ccc3ccccc3c2)N=C1n1c2ccccc2c2ccccc21. The van der Waals surface area contributed by atoms with Crippen LogP contribution in [0.5, 0.6) is 0 Å². The van der Waals surface area contributed by atoms with E-state index < -0.39 is 0 Å². The van der Waals surface area contributed by atoms with E-state index in [1.165, 1.54) is 37.7 Å². The number of nitrogens with zero attached hydrogens (tertiary/aromatic N) is 4. The molecule has 292 valence electrons. The van der Waals surface area contributed by atoms with E-state index in [4.69, 9.17) is 14.4 Å². The first-order valence-electron chi connectivity index (χ1n) is 21.4. The molecule has 0 radical (unpaired) electrons. The van der Waals surface area contributed by atoms with Crippen molar-refractivity contribution in [1.82, 2.24) is 9.13 Å². The number of fused-ring (bicyclic) bond motifs is 11. The van der Waals surface area contributed by atoms with Crippen LogP contribution in [-0.2, 0) is 0 Å². The lowest BCUT2D eigenvalue weighted by Crippen LogP contribution is -2.23. The van der Waals surface area contributed by atoms with Gasteiger partial charge in [-0.15, -0.1) is 0 Å². The summed E-state index contributed by atoms with van der Waals surface area (Å²) in [6, 6.07) is 67.3. The Bertz CT molecular complexity index is 3870. The fraction of sp³-hybridized carbons (Fsp3) is 0.0526. The van der Waals surface area contributed by atoms with Crippen LogP contribution in [0.4, 0.5) is 0 Å². The predicted molar refractivity (Wildman–Crippen MR) is 260 cm³/mol. The van der Waals surface area contributed by atoms with Crippen molar-refractivity contribution in [3.05, 3.63) is 205 Å². The molecule has 0 spiro atoms. The summed E-state index contributed by atoms with van der Waals surface area (Å²) in [6.07, 6.45) is 3.06. The number of rotatable bonds is 3. The van der Waals surface area contributed by atoms with Gasteiger partial charge in [-0.2, -0.15) is 0 Å². The largest absolute Gasteiger partial charge is 0.456 e. The molecule has 1 atom stereocenters. The van der Waals surface area contributed by atoms with Gasteiger partial charge in [0.05, 0.1) is 38.8 Å². The highest BCUT2D eigenvalue weighted by atomic mass is 16.3. The fourth-order valence-electron chi connectivity index (χ4n) is 10.00. The summed E-state index contributed by atoms with van der Waals surface area (Å²) in [5, 5.41) is 11.7. The molecule has 4 heterocycles. The number of allylic oxidation sites excluding steroid dienone is 1. The molecule has 0 N–H and O–H groups in total. The fourth-order valence-corrected chi connectivity index (χ4v) is 10.00. The maximum Gasteiger partial charge on any atom is 0.161 e. The number of hydrogen-bond acceptors (Lipinski definition) is 3. The quantitative estimate of drug-likeness (QED) is 0.176. The highest BCUT2D eigenvalue weighted by molar-refractivity contribution is 6.20. The van der Waals surface area contributed by atoms with Crippen molar-refractivity contribution >= 4 is 104 Å². The number of amidine groups is 1. The molecular weight excluding hydrogens is 757 g/mol. The van der Waals surface area contributed by atoms with Crippen LogP contribution in [0.2, 0.25) is 0 Å². The lowest BCUT2D eigenvalue weighted by atomic mass is 9.98. The van der Waals surface area contributed by atoms with Crippen molar-refractivity contribution in [1.29, 1.82) is 0 Å². The highest BCUT2D eigenvalue weighted by Gasteiger charge is 2.26. The molecule has 0 bridgehead atoms. The molecule has 0 saturated carbocycles. The standard InChI is InChI=1S/C57H38N4O/c1-35-26-30-47(58-56(40-28-27-36-14-2-3-15-37(36)32-40)59-57(35)61-49-23-11-6-18-41(49)42-19-7-12-24-50(42)61)44-29-31-53-54(45-21-9-13-25-52(45)62-53)55(44)60-48-22-10-8-20-43(48)46-33-38-16-4-5-17-39(38)34-51(46)60/h2-25,27-35H,26H2,1H3/b47-30+,58-56?,59-57?. The van der Waals surface area contributed by atoms with Crippen LogP contribution in [0.1, 0.15) is 24.5 Å². The van der Waals surface area contributed by atoms with E-state index in [-0.39, 0.29) is 5.92 Å². The van der Waals surface area contributed by atoms with E-state index in [9.17, 15) is 0 Å². The van der Waals surface area contributed by atoms with Gasteiger partial charge < -0.3 is 8.98 Å². The van der Waals surface area contributed by atoms with Crippen molar-refractivity contribution in [2.45, 2.75) is 13.3 Å². The molecule has 1 aliphatic heterocycles. The molecule has 0 amide bonds. The smallest absolute Gasteiger partial charge is 0.161 e. The van der Waals surface area contributed by atoms with Crippen LogP contribution < -0.4 is 0 Å². The Balaban J connectivity index is 1.13. The van der Waals surface area contributed by atoms with Crippen LogP contribution in [0, 0.1) is 5.92 Å². The first kappa shape index (κ1) is 34.8. The van der Waals surface area contributed by atoms with E-state index in [0.29, 0.717) is 5.84 Å². The Morgan fingerprint density at radius 2 is 1.05 bits per heavy atom. The second-order valence-corrected chi connectivity index (χ2v) is 16.6. The topological polar surface area (TPSA) is 47.7 Å². The molecule has 0 aliphatic carbocycles. The third kappa shape index (κ3) is 5.21. The molecular formula is C57H38N4O. The summed E-state index contributed by atoms with van der Waals surface area (Å²) in [7, 11) is 0. The Labute approximate surface area is 356 Å². The average molecular weight is 795 g/mol. The lowest BCUT2D eigenvalue weighted by Gasteiger charge is -2.22. The second-order valence-electron chi connectivity index (χ2n) is 16.6. The zero-order chi connectivity index (χ0) is 40.9. The third-order valence-corrected chi connectivity index (χ3v) is 12.9. The molecule has 12 aromatic rings. The Kier molecular flexibility index (Phi) is 7.58.